The first-order valence-corrected chi connectivity index (χ1v) is 8.07. The van der Waals surface area contributed by atoms with Crippen LogP contribution in [0.1, 0.15) is 19.8 Å². The monoisotopic (exact) mass is 263 g/mol. The highest BCUT2D eigenvalue weighted by Crippen LogP contribution is 2.14. The van der Waals surface area contributed by atoms with Crippen molar-refractivity contribution >= 4 is 9.84 Å². The summed E-state index contributed by atoms with van der Waals surface area (Å²) in [5.74, 6) is 0.559. The van der Waals surface area contributed by atoms with Crippen molar-refractivity contribution in [1.29, 1.82) is 0 Å². The van der Waals surface area contributed by atoms with Gasteiger partial charge in [0.1, 0.15) is 0 Å². The van der Waals surface area contributed by atoms with Gasteiger partial charge in [-0.05, 0) is 13.3 Å². The van der Waals surface area contributed by atoms with Crippen LogP contribution in [0.25, 0.3) is 0 Å². The largest absolute Gasteiger partial charge is 0.353 e. The van der Waals surface area contributed by atoms with E-state index in [-0.39, 0.29) is 23.8 Å². The molecule has 2 heterocycles. The molecule has 0 aliphatic carbocycles. The van der Waals surface area contributed by atoms with E-state index in [1.165, 1.54) is 0 Å². The molecule has 0 aromatic heterocycles. The Bertz CT molecular complexity index is 337. The standard InChI is InChI=1S/C11H21NO4S/c1-10-9-17(13,14)8-5-12(10)4-3-11-15-6-2-7-16-11/h10-11H,2-9H2,1H3. The second kappa shape index (κ2) is 5.65. The maximum atomic E-state index is 11.4. The highest BCUT2D eigenvalue weighted by molar-refractivity contribution is 7.91. The van der Waals surface area contributed by atoms with Gasteiger partial charge in [0.05, 0.1) is 24.7 Å². The molecule has 2 fully saturated rings. The molecule has 0 bridgehead atoms. The molecule has 2 rings (SSSR count). The molecule has 2 saturated heterocycles. The second-order valence-electron chi connectivity index (χ2n) is 4.81. The predicted molar refractivity (Wildman–Crippen MR) is 64.6 cm³/mol. The Morgan fingerprint density at radius 3 is 2.65 bits per heavy atom. The molecule has 2 aliphatic heterocycles. The lowest BCUT2D eigenvalue weighted by Crippen LogP contribution is -2.48. The van der Waals surface area contributed by atoms with Crippen LogP contribution in [0.2, 0.25) is 0 Å². The van der Waals surface area contributed by atoms with Crippen molar-refractivity contribution in [2.45, 2.75) is 32.1 Å². The minimum atomic E-state index is -2.81. The molecular formula is C11H21NO4S. The number of sulfone groups is 1. The van der Waals surface area contributed by atoms with Crippen LogP contribution in [0.15, 0.2) is 0 Å². The minimum Gasteiger partial charge on any atom is -0.353 e. The SMILES string of the molecule is CC1CS(=O)(=O)CCN1CCC1OCCCO1. The van der Waals surface area contributed by atoms with E-state index in [0.717, 1.165) is 32.6 Å². The van der Waals surface area contributed by atoms with Crippen molar-refractivity contribution in [2.75, 3.05) is 37.8 Å². The van der Waals surface area contributed by atoms with Gasteiger partial charge in [-0.1, -0.05) is 0 Å². The average molecular weight is 263 g/mol. The smallest absolute Gasteiger partial charge is 0.158 e. The molecule has 0 saturated carbocycles. The Morgan fingerprint density at radius 1 is 1.29 bits per heavy atom. The second-order valence-corrected chi connectivity index (χ2v) is 7.04. The van der Waals surface area contributed by atoms with E-state index in [4.69, 9.17) is 9.47 Å². The van der Waals surface area contributed by atoms with E-state index in [1.54, 1.807) is 0 Å². The lowest BCUT2D eigenvalue weighted by Gasteiger charge is -2.34. The molecule has 6 heteroatoms. The van der Waals surface area contributed by atoms with Crippen molar-refractivity contribution < 1.29 is 17.9 Å². The zero-order chi connectivity index (χ0) is 12.3. The molecule has 0 radical (unpaired) electrons. The zero-order valence-electron chi connectivity index (χ0n) is 10.3. The van der Waals surface area contributed by atoms with Gasteiger partial charge in [-0.15, -0.1) is 0 Å². The van der Waals surface area contributed by atoms with Gasteiger partial charge < -0.3 is 9.47 Å². The van der Waals surface area contributed by atoms with Crippen molar-refractivity contribution in [3.63, 3.8) is 0 Å². The van der Waals surface area contributed by atoms with Crippen LogP contribution < -0.4 is 0 Å². The highest BCUT2D eigenvalue weighted by atomic mass is 32.2. The Hall–Kier alpha value is -0.170. The van der Waals surface area contributed by atoms with Gasteiger partial charge in [0.25, 0.3) is 0 Å². The molecule has 1 unspecified atom stereocenters. The average Bonchev–Trinajstić information content (AvgIpc) is 2.28. The third-order valence-electron chi connectivity index (χ3n) is 3.36. The van der Waals surface area contributed by atoms with Crippen LogP contribution in [0.4, 0.5) is 0 Å². The summed E-state index contributed by atoms with van der Waals surface area (Å²) in [6, 6.07) is 0.109. The molecule has 17 heavy (non-hydrogen) atoms. The number of rotatable bonds is 3. The number of hydrogen-bond acceptors (Lipinski definition) is 5. The van der Waals surface area contributed by atoms with Gasteiger partial charge in [0.15, 0.2) is 16.1 Å². The van der Waals surface area contributed by atoms with Crippen LogP contribution in [-0.2, 0) is 19.3 Å². The third-order valence-corrected chi connectivity index (χ3v) is 5.15. The summed E-state index contributed by atoms with van der Waals surface area (Å²) in [6.45, 7) is 5.00. The summed E-state index contributed by atoms with van der Waals surface area (Å²) in [4.78, 5) is 2.21. The molecule has 0 N–H and O–H groups in total. The Labute approximate surface area is 103 Å². The van der Waals surface area contributed by atoms with Crippen molar-refractivity contribution in [2.24, 2.45) is 0 Å². The molecule has 2 aliphatic rings. The van der Waals surface area contributed by atoms with E-state index >= 15 is 0 Å². The fourth-order valence-corrected chi connectivity index (χ4v) is 3.96. The molecule has 1 atom stereocenters. The first-order chi connectivity index (χ1) is 8.07. The van der Waals surface area contributed by atoms with Crippen LogP contribution in [0.5, 0.6) is 0 Å². The number of ether oxygens (including phenoxy) is 2. The Morgan fingerprint density at radius 2 is 2.00 bits per heavy atom. The van der Waals surface area contributed by atoms with Crippen molar-refractivity contribution in [3.8, 4) is 0 Å². The van der Waals surface area contributed by atoms with Crippen LogP contribution in [0, 0.1) is 0 Å². The van der Waals surface area contributed by atoms with E-state index in [1.807, 2.05) is 6.92 Å². The Balaban J connectivity index is 1.75. The van der Waals surface area contributed by atoms with Gasteiger partial charge in [0.2, 0.25) is 0 Å². The first kappa shape index (κ1) is 13.3. The number of nitrogens with zero attached hydrogens (tertiary/aromatic N) is 1. The van der Waals surface area contributed by atoms with Crippen LogP contribution in [-0.4, -0.2) is 63.5 Å². The molecule has 0 aromatic carbocycles. The normalized spacial score (nSPS) is 31.5. The van der Waals surface area contributed by atoms with Crippen molar-refractivity contribution in [1.82, 2.24) is 4.90 Å². The number of hydrogen-bond donors (Lipinski definition) is 0. The summed E-state index contributed by atoms with van der Waals surface area (Å²) in [7, 11) is -2.81. The fourth-order valence-electron chi connectivity index (χ4n) is 2.34. The summed E-state index contributed by atoms with van der Waals surface area (Å²) in [6.07, 6.45) is 1.69. The van der Waals surface area contributed by atoms with Gasteiger partial charge in [-0.2, -0.15) is 0 Å². The van der Waals surface area contributed by atoms with Crippen LogP contribution >= 0.6 is 0 Å². The van der Waals surface area contributed by atoms with Crippen molar-refractivity contribution in [3.05, 3.63) is 0 Å². The molecule has 0 spiro atoms. The van der Waals surface area contributed by atoms with Gasteiger partial charge in [-0.3, -0.25) is 4.90 Å². The van der Waals surface area contributed by atoms with E-state index in [9.17, 15) is 8.42 Å². The van der Waals surface area contributed by atoms with E-state index < -0.39 is 9.84 Å². The third kappa shape index (κ3) is 3.91. The molecule has 100 valence electrons. The predicted octanol–water partition coefficient (Wildman–Crippen LogP) is 0.258. The quantitative estimate of drug-likeness (QED) is 0.731. The maximum Gasteiger partial charge on any atom is 0.158 e. The Kier molecular flexibility index (Phi) is 4.41. The summed E-state index contributed by atoms with van der Waals surface area (Å²) >= 11 is 0. The fraction of sp³-hybridized carbons (Fsp3) is 1.00. The highest BCUT2D eigenvalue weighted by Gasteiger charge is 2.28. The molecule has 0 aromatic rings. The molecular weight excluding hydrogens is 242 g/mol. The lowest BCUT2D eigenvalue weighted by molar-refractivity contribution is -0.183. The summed E-state index contributed by atoms with van der Waals surface area (Å²) in [5, 5.41) is 0. The topological polar surface area (TPSA) is 55.8 Å². The van der Waals surface area contributed by atoms with Gasteiger partial charge >= 0.3 is 0 Å². The maximum absolute atomic E-state index is 11.4. The summed E-state index contributed by atoms with van der Waals surface area (Å²) < 4.78 is 33.8. The van der Waals surface area contributed by atoms with E-state index in [2.05, 4.69) is 4.90 Å². The van der Waals surface area contributed by atoms with E-state index in [0.29, 0.717) is 6.54 Å². The summed E-state index contributed by atoms with van der Waals surface area (Å²) in [5.41, 5.74) is 0. The van der Waals surface area contributed by atoms with Gasteiger partial charge in [-0.25, -0.2) is 8.42 Å². The molecule has 5 nitrogen and oxygen atoms in total. The zero-order valence-corrected chi connectivity index (χ0v) is 11.1. The first-order valence-electron chi connectivity index (χ1n) is 6.24. The van der Waals surface area contributed by atoms with Crippen LogP contribution in [0.3, 0.4) is 0 Å². The molecule has 0 amide bonds. The minimum absolute atomic E-state index is 0.102. The van der Waals surface area contributed by atoms with Gasteiger partial charge in [0, 0.05) is 25.6 Å². The lowest BCUT2D eigenvalue weighted by atomic mass is 10.2.